The molecule has 0 unspecified atom stereocenters. The van der Waals surface area contributed by atoms with Crippen LogP contribution in [0.25, 0.3) is 10.2 Å². The van der Waals surface area contributed by atoms with Crippen molar-refractivity contribution < 1.29 is 4.74 Å². The third kappa shape index (κ3) is 3.09. The van der Waals surface area contributed by atoms with Crippen molar-refractivity contribution in [1.82, 2.24) is 9.55 Å². The summed E-state index contributed by atoms with van der Waals surface area (Å²) < 4.78 is 7.82. The Labute approximate surface area is 121 Å². The van der Waals surface area contributed by atoms with Crippen LogP contribution in [0.15, 0.2) is 10.9 Å². The molecule has 0 fully saturated rings. The summed E-state index contributed by atoms with van der Waals surface area (Å²) in [4.78, 5) is 17.4. The number of unbranched alkanes of at least 4 members (excludes halogenated alkanes) is 1. The Balaban J connectivity index is 2.46. The SMILES string of the molecule is CCCCOc1nc2sc(Cl)cc2c(=O)n1CCC. The van der Waals surface area contributed by atoms with Gasteiger partial charge in [0, 0.05) is 6.54 Å². The fourth-order valence-corrected chi connectivity index (χ4v) is 2.88. The molecule has 0 saturated carbocycles. The van der Waals surface area contributed by atoms with E-state index in [1.165, 1.54) is 11.3 Å². The van der Waals surface area contributed by atoms with Gasteiger partial charge in [0.05, 0.1) is 16.3 Å². The molecule has 0 saturated heterocycles. The third-order valence-corrected chi connectivity index (χ3v) is 3.92. The molecule has 2 rings (SSSR count). The first-order chi connectivity index (χ1) is 9.17. The molecule has 2 heterocycles. The predicted molar refractivity (Wildman–Crippen MR) is 79.6 cm³/mol. The molecule has 0 aromatic carbocycles. The summed E-state index contributed by atoms with van der Waals surface area (Å²) in [5, 5.41) is 0.575. The van der Waals surface area contributed by atoms with Gasteiger partial charge in [0.2, 0.25) is 0 Å². The van der Waals surface area contributed by atoms with Gasteiger partial charge in [0.15, 0.2) is 0 Å². The Morgan fingerprint density at radius 1 is 1.42 bits per heavy atom. The van der Waals surface area contributed by atoms with Crippen molar-refractivity contribution in [2.45, 2.75) is 39.7 Å². The van der Waals surface area contributed by atoms with Gasteiger partial charge >= 0.3 is 6.01 Å². The second-order valence-electron chi connectivity index (χ2n) is 4.32. The highest BCUT2D eigenvalue weighted by atomic mass is 35.5. The number of fused-ring (bicyclic) bond motifs is 1. The third-order valence-electron chi connectivity index (χ3n) is 2.76. The second kappa shape index (κ2) is 6.39. The van der Waals surface area contributed by atoms with E-state index in [1.54, 1.807) is 10.6 Å². The Morgan fingerprint density at radius 3 is 2.89 bits per heavy atom. The highest BCUT2D eigenvalue weighted by Crippen LogP contribution is 2.27. The van der Waals surface area contributed by atoms with Crippen molar-refractivity contribution in [3.05, 3.63) is 20.8 Å². The maximum atomic E-state index is 12.4. The van der Waals surface area contributed by atoms with E-state index in [1.807, 2.05) is 6.92 Å². The lowest BCUT2D eigenvalue weighted by molar-refractivity contribution is 0.266. The van der Waals surface area contributed by atoms with E-state index in [9.17, 15) is 4.79 Å². The summed E-state index contributed by atoms with van der Waals surface area (Å²) in [5.41, 5.74) is -0.0681. The molecule has 0 radical (unpaired) electrons. The molecule has 0 aliphatic carbocycles. The summed E-state index contributed by atoms with van der Waals surface area (Å²) in [6.45, 7) is 5.30. The largest absolute Gasteiger partial charge is 0.465 e. The number of hydrogen-bond donors (Lipinski definition) is 0. The molecule has 0 spiro atoms. The van der Waals surface area contributed by atoms with Crippen molar-refractivity contribution in [2.75, 3.05) is 6.61 Å². The molecule has 0 bridgehead atoms. The van der Waals surface area contributed by atoms with Crippen LogP contribution in [-0.2, 0) is 6.54 Å². The maximum Gasteiger partial charge on any atom is 0.300 e. The molecule has 0 N–H and O–H groups in total. The quantitative estimate of drug-likeness (QED) is 0.764. The van der Waals surface area contributed by atoms with E-state index in [2.05, 4.69) is 11.9 Å². The van der Waals surface area contributed by atoms with Crippen LogP contribution < -0.4 is 10.3 Å². The first kappa shape index (κ1) is 14.3. The van der Waals surface area contributed by atoms with Crippen LogP contribution in [0, 0.1) is 0 Å². The number of rotatable bonds is 6. The Hall–Kier alpha value is -1.07. The highest BCUT2D eigenvalue weighted by Gasteiger charge is 2.14. The monoisotopic (exact) mass is 300 g/mol. The van der Waals surface area contributed by atoms with Crippen LogP contribution in [0.5, 0.6) is 6.01 Å². The molecule has 19 heavy (non-hydrogen) atoms. The van der Waals surface area contributed by atoms with Gasteiger partial charge < -0.3 is 4.74 Å². The summed E-state index contributed by atoms with van der Waals surface area (Å²) in [6, 6.07) is 2.09. The van der Waals surface area contributed by atoms with Crippen LogP contribution >= 0.6 is 22.9 Å². The van der Waals surface area contributed by atoms with E-state index >= 15 is 0 Å². The normalized spacial score (nSPS) is 11.1. The maximum absolute atomic E-state index is 12.4. The first-order valence-electron chi connectivity index (χ1n) is 6.50. The molecule has 0 aliphatic heterocycles. The number of halogens is 1. The van der Waals surface area contributed by atoms with Gasteiger partial charge in [-0.05, 0) is 18.9 Å². The molecular weight excluding hydrogens is 284 g/mol. The molecule has 2 aromatic heterocycles. The number of thiophene rings is 1. The zero-order valence-corrected chi connectivity index (χ0v) is 12.7. The molecular formula is C13H17ClN2O2S. The zero-order valence-electron chi connectivity index (χ0n) is 11.1. The van der Waals surface area contributed by atoms with Crippen LogP contribution in [-0.4, -0.2) is 16.2 Å². The second-order valence-corrected chi connectivity index (χ2v) is 5.98. The Kier molecular flexibility index (Phi) is 4.82. The Bertz CT molecular complexity index is 621. The summed E-state index contributed by atoms with van der Waals surface area (Å²) >= 11 is 7.26. The lowest BCUT2D eigenvalue weighted by atomic mass is 10.4. The van der Waals surface area contributed by atoms with Gasteiger partial charge in [-0.25, -0.2) is 0 Å². The average molecular weight is 301 g/mol. The van der Waals surface area contributed by atoms with Gasteiger partial charge in [-0.15, -0.1) is 11.3 Å². The average Bonchev–Trinajstić information content (AvgIpc) is 2.75. The van der Waals surface area contributed by atoms with E-state index in [-0.39, 0.29) is 5.56 Å². The standard InChI is InChI=1S/C13H17ClN2O2S/c1-3-5-7-18-13-15-11-9(8-10(14)19-11)12(17)16(13)6-4-2/h8H,3-7H2,1-2H3. The fraction of sp³-hybridized carbons (Fsp3) is 0.538. The zero-order chi connectivity index (χ0) is 13.8. The molecule has 6 heteroatoms. The minimum absolute atomic E-state index is 0.0681. The summed E-state index contributed by atoms with van der Waals surface area (Å²) in [6.07, 6.45) is 2.85. The topological polar surface area (TPSA) is 44.1 Å². The lowest BCUT2D eigenvalue weighted by Crippen LogP contribution is -2.23. The van der Waals surface area contributed by atoms with Gasteiger partial charge in [0.1, 0.15) is 4.83 Å². The van der Waals surface area contributed by atoms with E-state index in [0.717, 1.165) is 19.3 Å². The molecule has 0 amide bonds. The van der Waals surface area contributed by atoms with Gasteiger partial charge in [-0.3, -0.25) is 9.36 Å². The summed E-state index contributed by atoms with van der Waals surface area (Å²) in [7, 11) is 0. The molecule has 104 valence electrons. The van der Waals surface area contributed by atoms with Crippen molar-refractivity contribution in [1.29, 1.82) is 0 Å². The van der Waals surface area contributed by atoms with Crippen LogP contribution in [0.3, 0.4) is 0 Å². The van der Waals surface area contributed by atoms with Gasteiger partial charge in [-0.2, -0.15) is 4.98 Å². The van der Waals surface area contributed by atoms with Crippen LogP contribution in [0.1, 0.15) is 33.1 Å². The number of hydrogen-bond acceptors (Lipinski definition) is 4. The fourth-order valence-electron chi connectivity index (χ4n) is 1.81. The van der Waals surface area contributed by atoms with Crippen LogP contribution in [0.2, 0.25) is 4.34 Å². The van der Waals surface area contributed by atoms with E-state index < -0.39 is 0 Å². The van der Waals surface area contributed by atoms with Crippen molar-refractivity contribution >= 4 is 33.2 Å². The van der Waals surface area contributed by atoms with Crippen molar-refractivity contribution in [2.24, 2.45) is 0 Å². The Morgan fingerprint density at radius 2 is 2.21 bits per heavy atom. The van der Waals surface area contributed by atoms with E-state index in [0.29, 0.717) is 33.7 Å². The van der Waals surface area contributed by atoms with Crippen LogP contribution in [0.4, 0.5) is 0 Å². The van der Waals surface area contributed by atoms with Gasteiger partial charge in [-0.1, -0.05) is 31.9 Å². The van der Waals surface area contributed by atoms with Gasteiger partial charge in [0.25, 0.3) is 5.56 Å². The molecule has 2 aromatic rings. The smallest absolute Gasteiger partial charge is 0.300 e. The highest BCUT2D eigenvalue weighted by molar-refractivity contribution is 7.22. The number of nitrogens with zero attached hydrogens (tertiary/aromatic N) is 2. The molecule has 4 nitrogen and oxygen atoms in total. The molecule has 0 aliphatic rings. The number of ether oxygens (including phenoxy) is 1. The molecule has 0 atom stereocenters. The minimum Gasteiger partial charge on any atom is -0.465 e. The first-order valence-corrected chi connectivity index (χ1v) is 7.69. The van der Waals surface area contributed by atoms with Crippen molar-refractivity contribution in [3.63, 3.8) is 0 Å². The lowest BCUT2D eigenvalue weighted by Gasteiger charge is -2.11. The predicted octanol–water partition coefficient (Wildman–Crippen LogP) is 3.70. The van der Waals surface area contributed by atoms with Crippen molar-refractivity contribution in [3.8, 4) is 6.01 Å². The summed E-state index contributed by atoms with van der Waals surface area (Å²) in [5.74, 6) is 0. The van der Waals surface area contributed by atoms with E-state index in [4.69, 9.17) is 16.3 Å². The number of aromatic nitrogens is 2. The minimum atomic E-state index is -0.0681.